The number of anilines is 1. The highest BCUT2D eigenvalue weighted by Gasteiger charge is 2.18. The average molecular weight is 525 g/mol. The number of hydrogen-bond acceptors (Lipinski definition) is 3. The van der Waals surface area contributed by atoms with Crippen LogP contribution in [0.1, 0.15) is 73.6 Å². The first-order chi connectivity index (χ1) is 19.0. The fraction of sp³-hybridized carbons (Fsp3) is 0.344. The van der Waals surface area contributed by atoms with Gasteiger partial charge in [0.15, 0.2) is 0 Å². The summed E-state index contributed by atoms with van der Waals surface area (Å²) in [6, 6.07) is 21.1. The lowest BCUT2D eigenvalue weighted by atomic mass is 9.96. The molecule has 0 unspecified atom stereocenters. The Morgan fingerprint density at radius 1 is 1.00 bits per heavy atom. The highest BCUT2D eigenvalue weighted by molar-refractivity contribution is 5.96. The first-order valence-electron chi connectivity index (χ1n) is 14.0. The number of aromatic carboxylic acids is 1. The number of unbranched alkanes of at least 4 members (excludes halogenated alkanes) is 1. The van der Waals surface area contributed by atoms with Gasteiger partial charge < -0.3 is 20.3 Å². The summed E-state index contributed by atoms with van der Waals surface area (Å²) in [6.07, 6.45) is 8.49. The van der Waals surface area contributed by atoms with E-state index in [-0.39, 0.29) is 17.6 Å². The SMILES string of the molecule is CCCCc1nc2ccc(NC(=O)NC3CCCCC3)cc2n1Cc1ccc(-c2ccccc2)c(C(=O)O)c1. The number of hydrogen-bond donors (Lipinski definition) is 3. The molecular formula is C32H36N4O3. The summed E-state index contributed by atoms with van der Waals surface area (Å²) in [7, 11) is 0. The van der Waals surface area contributed by atoms with Crippen LogP contribution < -0.4 is 10.6 Å². The number of amides is 2. The molecule has 1 saturated carbocycles. The zero-order chi connectivity index (χ0) is 27.2. The van der Waals surface area contributed by atoms with Gasteiger partial charge in [0, 0.05) is 24.7 Å². The molecule has 4 aromatic rings. The van der Waals surface area contributed by atoms with Crippen LogP contribution in [0.5, 0.6) is 0 Å². The highest BCUT2D eigenvalue weighted by Crippen LogP contribution is 2.28. The fourth-order valence-corrected chi connectivity index (χ4v) is 5.47. The molecule has 3 aromatic carbocycles. The number of fused-ring (bicyclic) bond motifs is 1. The highest BCUT2D eigenvalue weighted by atomic mass is 16.4. The summed E-state index contributed by atoms with van der Waals surface area (Å²) in [6.45, 7) is 2.64. The monoisotopic (exact) mass is 524 g/mol. The second-order valence-corrected chi connectivity index (χ2v) is 10.4. The van der Waals surface area contributed by atoms with E-state index in [9.17, 15) is 14.7 Å². The van der Waals surface area contributed by atoms with Gasteiger partial charge in [0.1, 0.15) is 5.82 Å². The molecule has 5 rings (SSSR count). The number of carboxylic acids is 1. The van der Waals surface area contributed by atoms with Gasteiger partial charge in [-0.05, 0) is 60.2 Å². The number of carbonyl (C=O) groups excluding carboxylic acids is 1. The lowest BCUT2D eigenvalue weighted by Crippen LogP contribution is -2.39. The van der Waals surface area contributed by atoms with E-state index in [0.29, 0.717) is 17.8 Å². The van der Waals surface area contributed by atoms with Crippen LogP contribution >= 0.6 is 0 Å². The molecule has 0 saturated heterocycles. The van der Waals surface area contributed by atoms with Crippen molar-refractivity contribution in [1.29, 1.82) is 0 Å². The third-order valence-corrected chi connectivity index (χ3v) is 7.52. The van der Waals surface area contributed by atoms with Gasteiger partial charge in [-0.1, -0.05) is 75.1 Å². The number of benzene rings is 3. The van der Waals surface area contributed by atoms with Crippen LogP contribution in [0.4, 0.5) is 10.5 Å². The first kappa shape index (κ1) is 26.5. The van der Waals surface area contributed by atoms with E-state index in [1.807, 2.05) is 60.7 Å². The molecule has 0 aliphatic heterocycles. The molecule has 1 heterocycles. The Labute approximate surface area is 229 Å². The van der Waals surface area contributed by atoms with Crippen molar-refractivity contribution in [2.75, 3.05) is 5.32 Å². The van der Waals surface area contributed by atoms with Crippen molar-refractivity contribution in [3.8, 4) is 11.1 Å². The topological polar surface area (TPSA) is 96.3 Å². The third kappa shape index (κ3) is 6.30. The van der Waals surface area contributed by atoms with Gasteiger partial charge in [-0.3, -0.25) is 0 Å². The Morgan fingerprint density at radius 3 is 2.54 bits per heavy atom. The van der Waals surface area contributed by atoms with E-state index < -0.39 is 5.97 Å². The predicted molar refractivity (Wildman–Crippen MR) is 155 cm³/mol. The van der Waals surface area contributed by atoms with Gasteiger partial charge in [-0.25, -0.2) is 14.6 Å². The van der Waals surface area contributed by atoms with Crippen LogP contribution in [0.15, 0.2) is 66.7 Å². The Hall–Kier alpha value is -4.13. The molecule has 7 nitrogen and oxygen atoms in total. The normalized spacial score (nSPS) is 13.9. The van der Waals surface area contributed by atoms with E-state index in [2.05, 4.69) is 22.1 Å². The summed E-state index contributed by atoms with van der Waals surface area (Å²) in [5.41, 5.74) is 5.23. The summed E-state index contributed by atoms with van der Waals surface area (Å²) in [4.78, 5) is 29.8. The molecule has 202 valence electrons. The first-order valence-corrected chi connectivity index (χ1v) is 14.0. The van der Waals surface area contributed by atoms with Crippen molar-refractivity contribution in [3.63, 3.8) is 0 Å². The molecule has 1 aliphatic carbocycles. The number of carbonyl (C=O) groups is 2. The number of rotatable bonds is 9. The minimum absolute atomic E-state index is 0.180. The molecule has 1 aromatic heterocycles. The Morgan fingerprint density at radius 2 is 1.79 bits per heavy atom. The van der Waals surface area contributed by atoms with Crippen molar-refractivity contribution in [3.05, 3.63) is 83.7 Å². The quantitative estimate of drug-likeness (QED) is 0.215. The van der Waals surface area contributed by atoms with E-state index >= 15 is 0 Å². The zero-order valence-corrected chi connectivity index (χ0v) is 22.5. The molecular weight excluding hydrogens is 488 g/mol. The van der Waals surface area contributed by atoms with E-state index in [0.717, 1.165) is 72.9 Å². The minimum atomic E-state index is -0.951. The molecule has 0 spiro atoms. The maximum Gasteiger partial charge on any atom is 0.336 e. The second kappa shape index (κ2) is 12.2. The van der Waals surface area contributed by atoms with E-state index in [1.54, 1.807) is 6.07 Å². The van der Waals surface area contributed by atoms with Crippen molar-refractivity contribution in [1.82, 2.24) is 14.9 Å². The number of nitrogens with zero attached hydrogens (tertiary/aromatic N) is 2. The van der Waals surface area contributed by atoms with Crippen LogP contribution in [-0.4, -0.2) is 32.7 Å². The number of imidazole rings is 1. The zero-order valence-electron chi connectivity index (χ0n) is 22.5. The fourth-order valence-electron chi connectivity index (χ4n) is 5.47. The molecule has 0 atom stereocenters. The average Bonchev–Trinajstić information content (AvgIpc) is 3.29. The third-order valence-electron chi connectivity index (χ3n) is 7.52. The summed E-state index contributed by atoms with van der Waals surface area (Å²) >= 11 is 0. The van der Waals surface area contributed by atoms with Gasteiger partial charge >= 0.3 is 12.0 Å². The predicted octanol–water partition coefficient (Wildman–Crippen LogP) is 7.25. The molecule has 1 aliphatic rings. The number of aromatic nitrogens is 2. The largest absolute Gasteiger partial charge is 0.478 e. The molecule has 39 heavy (non-hydrogen) atoms. The standard InChI is InChI=1S/C32H36N4O3/c1-2-3-14-30-35-28-18-16-25(34-32(39)33-24-12-8-5-9-13-24)20-29(28)36(30)21-22-15-17-26(27(19-22)31(37)38)23-10-6-4-7-11-23/h4,6-7,10-11,15-20,24H,2-3,5,8-9,12-14,21H2,1H3,(H,37,38)(H2,33,34,39). The molecule has 2 amide bonds. The van der Waals surface area contributed by atoms with Gasteiger partial charge in [0.2, 0.25) is 0 Å². The molecule has 0 bridgehead atoms. The lowest BCUT2D eigenvalue weighted by molar-refractivity contribution is 0.0697. The molecule has 3 N–H and O–H groups in total. The Balaban J connectivity index is 1.44. The van der Waals surface area contributed by atoms with Crippen LogP contribution in [0, 0.1) is 0 Å². The Kier molecular flexibility index (Phi) is 8.25. The van der Waals surface area contributed by atoms with Gasteiger partial charge in [0.05, 0.1) is 16.6 Å². The minimum Gasteiger partial charge on any atom is -0.478 e. The van der Waals surface area contributed by atoms with Gasteiger partial charge in [-0.15, -0.1) is 0 Å². The summed E-state index contributed by atoms with van der Waals surface area (Å²) in [5.74, 6) is 0.00697. The van der Waals surface area contributed by atoms with E-state index in [4.69, 9.17) is 4.98 Å². The molecule has 7 heteroatoms. The number of aryl methyl sites for hydroxylation is 1. The van der Waals surface area contributed by atoms with Gasteiger partial charge in [0.25, 0.3) is 0 Å². The van der Waals surface area contributed by atoms with Crippen LogP contribution in [0.2, 0.25) is 0 Å². The maximum atomic E-state index is 12.7. The summed E-state index contributed by atoms with van der Waals surface area (Å²) in [5, 5.41) is 16.1. The lowest BCUT2D eigenvalue weighted by Gasteiger charge is -2.22. The van der Waals surface area contributed by atoms with Crippen LogP contribution in [-0.2, 0) is 13.0 Å². The van der Waals surface area contributed by atoms with Crippen LogP contribution in [0.3, 0.4) is 0 Å². The maximum absolute atomic E-state index is 12.7. The van der Waals surface area contributed by atoms with E-state index in [1.165, 1.54) is 6.42 Å². The number of urea groups is 1. The van der Waals surface area contributed by atoms with Gasteiger partial charge in [-0.2, -0.15) is 0 Å². The Bertz CT molecular complexity index is 1460. The van der Waals surface area contributed by atoms with Crippen molar-refractivity contribution in [2.24, 2.45) is 0 Å². The smallest absolute Gasteiger partial charge is 0.336 e. The number of nitrogens with one attached hydrogen (secondary N) is 2. The molecule has 0 radical (unpaired) electrons. The second-order valence-electron chi connectivity index (χ2n) is 10.4. The van der Waals surface area contributed by atoms with Crippen molar-refractivity contribution in [2.45, 2.75) is 70.9 Å². The summed E-state index contributed by atoms with van der Waals surface area (Å²) < 4.78 is 2.15. The van der Waals surface area contributed by atoms with Crippen molar-refractivity contribution >= 4 is 28.7 Å². The molecule has 1 fully saturated rings. The van der Waals surface area contributed by atoms with Crippen LogP contribution in [0.25, 0.3) is 22.2 Å². The number of carboxylic acid groups (broad SMARTS) is 1. The van der Waals surface area contributed by atoms with Crippen molar-refractivity contribution < 1.29 is 14.7 Å².